The maximum absolute atomic E-state index is 12.3. The molecule has 2 aromatic heterocycles. The van der Waals surface area contributed by atoms with Gasteiger partial charge >= 0.3 is 11.9 Å². The van der Waals surface area contributed by atoms with Gasteiger partial charge in [0.15, 0.2) is 22.0 Å². The number of rotatable bonds is 9. The van der Waals surface area contributed by atoms with Crippen molar-refractivity contribution in [3.05, 3.63) is 22.1 Å². The number of carbonyl (C=O) groups excluding carboxylic acids is 2. The first-order valence-corrected chi connectivity index (χ1v) is 9.20. The van der Waals surface area contributed by atoms with Crippen molar-refractivity contribution in [1.82, 2.24) is 15.4 Å². The summed E-state index contributed by atoms with van der Waals surface area (Å²) < 4.78 is 0. The zero-order valence-electron chi connectivity index (χ0n) is 14.6. The van der Waals surface area contributed by atoms with Crippen molar-refractivity contribution in [1.29, 1.82) is 0 Å². The van der Waals surface area contributed by atoms with E-state index in [4.69, 9.17) is 21.4 Å². The lowest BCUT2D eigenvalue weighted by atomic mass is 10.2. The number of nitrogens with zero attached hydrogens (tertiary/aromatic N) is 5. The van der Waals surface area contributed by atoms with Gasteiger partial charge in [-0.2, -0.15) is 5.48 Å². The van der Waals surface area contributed by atoms with Crippen molar-refractivity contribution < 1.29 is 29.2 Å². The monoisotopic (exact) mass is 442 g/mol. The Morgan fingerprint density at radius 3 is 2.45 bits per heavy atom. The maximum atomic E-state index is 12.3. The third kappa shape index (κ3) is 6.35. The second kappa shape index (κ2) is 10.3. The van der Waals surface area contributed by atoms with E-state index >= 15 is 0 Å². The van der Waals surface area contributed by atoms with Crippen LogP contribution in [0.25, 0.3) is 0 Å². The topological polar surface area (TPSA) is 217 Å². The molecule has 6 N–H and O–H groups in total. The molecule has 0 radical (unpaired) electrons. The number of carbonyl (C=O) groups is 3. The van der Waals surface area contributed by atoms with Crippen molar-refractivity contribution >= 4 is 56.4 Å². The Hall–Kier alpha value is -3.34. The van der Waals surface area contributed by atoms with E-state index in [1.54, 1.807) is 0 Å². The number of hydrogen-bond donors (Lipinski definition) is 4. The molecule has 2 rings (SSSR count). The lowest BCUT2D eigenvalue weighted by Crippen LogP contribution is -2.27. The van der Waals surface area contributed by atoms with Gasteiger partial charge in [-0.05, 0) is 0 Å². The summed E-state index contributed by atoms with van der Waals surface area (Å²) in [6.45, 7) is -0.808. The average molecular weight is 442 g/mol. The largest absolute Gasteiger partial charge is 0.479 e. The molecule has 0 aliphatic rings. The number of hydroxylamine groups is 1. The van der Waals surface area contributed by atoms with Crippen LogP contribution in [-0.2, 0) is 24.1 Å². The molecular weight excluding hydrogens is 428 g/mol. The number of amides is 2. The fourth-order valence-corrected chi connectivity index (χ4v) is 2.87. The molecule has 0 fully saturated rings. The zero-order valence-corrected chi connectivity index (χ0v) is 16.3. The summed E-state index contributed by atoms with van der Waals surface area (Å²) in [5.41, 5.74) is 13.1. The number of carboxylic acids is 1. The molecule has 29 heavy (non-hydrogen) atoms. The van der Waals surface area contributed by atoms with Crippen LogP contribution in [0.15, 0.2) is 26.1 Å². The molecule has 2 aromatic rings. The van der Waals surface area contributed by atoms with Crippen molar-refractivity contribution in [2.45, 2.75) is 6.04 Å². The van der Waals surface area contributed by atoms with Crippen LogP contribution >= 0.6 is 22.7 Å². The van der Waals surface area contributed by atoms with Crippen LogP contribution in [0.4, 0.5) is 10.3 Å². The molecule has 0 spiro atoms. The van der Waals surface area contributed by atoms with Crippen LogP contribution in [0, 0.1) is 0 Å². The number of thiazole rings is 2. The minimum absolute atomic E-state index is 0.0203. The summed E-state index contributed by atoms with van der Waals surface area (Å²) in [7, 11) is 1.27. The second-order valence-corrected chi connectivity index (χ2v) is 6.67. The van der Waals surface area contributed by atoms with E-state index in [1.807, 2.05) is 0 Å². The molecule has 1 unspecified atom stereocenters. The number of oxime groups is 1. The van der Waals surface area contributed by atoms with E-state index in [9.17, 15) is 14.4 Å². The summed E-state index contributed by atoms with van der Waals surface area (Å²) in [6, 6.07) is -1.16. The standard InChI is InChI=1S/C13H14N8O6S2/c1-26-20-8(5-3-28-12(14)16-5)10(24)18-19-11(25)9(21-27-2-7(22)23)6-4-29-13(15)17-6/h3-4,8,20H,2H2,1H3,(H2,14,16)(H2,15,17)(H,22,23). The molecular formula is C13H14N8O6S2. The summed E-state index contributed by atoms with van der Waals surface area (Å²) in [5.74, 6) is -3.33. The van der Waals surface area contributed by atoms with Crippen LogP contribution in [0.2, 0.25) is 0 Å². The lowest BCUT2D eigenvalue weighted by Gasteiger charge is -2.09. The van der Waals surface area contributed by atoms with Crippen molar-refractivity contribution in [3.8, 4) is 0 Å². The van der Waals surface area contributed by atoms with E-state index < -0.39 is 36.1 Å². The number of nitrogens with one attached hydrogen (secondary N) is 1. The molecule has 154 valence electrons. The summed E-state index contributed by atoms with van der Waals surface area (Å²) in [4.78, 5) is 52.3. The van der Waals surface area contributed by atoms with Gasteiger partial charge in [0.05, 0.1) is 12.8 Å². The van der Waals surface area contributed by atoms with Crippen LogP contribution < -0.4 is 16.9 Å². The van der Waals surface area contributed by atoms with Crippen molar-refractivity contribution in [2.24, 2.45) is 15.4 Å². The van der Waals surface area contributed by atoms with Gasteiger partial charge in [-0.3, -0.25) is 9.59 Å². The Kier molecular flexibility index (Phi) is 7.78. The quantitative estimate of drug-likeness (QED) is 0.229. The Balaban J connectivity index is 2.20. The fourth-order valence-electron chi connectivity index (χ4n) is 1.73. The molecule has 16 heteroatoms. The fraction of sp³-hybridized carbons (Fsp3) is 0.231. The number of nitrogen functional groups attached to an aromatic ring is 2. The van der Waals surface area contributed by atoms with E-state index in [-0.39, 0.29) is 21.7 Å². The van der Waals surface area contributed by atoms with Gasteiger partial charge in [-0.15, -0.1) is 32.9 Å². The van der Waals surface area contributed by atoms with E-state index in [0.29, 0.717) is 0 Å². The van der Waals surface area contributed by atoms with Gasteiger partial charge in [0, 0.05) is 10.8 Å². The number of hydrogen-bond acceptors (Lipinski definition) is 13. The Morgan fingerprint density at radius 1 is 1.21 bits per heavy atom. The predicted molar refractivity (Wildman–Crippen MR) is 101 cm³/mol. The predicted octanol–water partition coefficient (Wildman–Crippen LogP) is -0.0330. The molecule has 0 aliphatic heterocycles. The van der Waals surface area contributed by atoms with E-state index in [0.717, 1.165) is 22.7 Å². The lowest BCUT2D eigenvalue weighted by molar-refractivity contribution is -0.142. The molecule has 14 nitrogen and oxygen atoms in total. The van der Waals surface area contributed by atoms with Gasteiger partial charge in [0.25, 0.3) is 5.91 Å². The van der Waals surface area contributed by atoms with Gasteiger partial charge in [0.2, 0.25) is 6.61 Å². The SMILES string of the molecule is CONC(C(=O)N=NC(=O)C(=NOCC(=O)O)c1csc(N)n1)c1csc(N)n1. The Bertz CT molecular complexity index is 955. The van der Waals surface area contributed by atoms with Crippen molar-refractivity contribution in [2.75, 3.05) is 25.2 Å². The van der Waals surface area contributed by atoms with Crippen LogP contribution in [0.3, 0.4) is 0 Å². The number of anilines is 2. The number of aromatic nitrogens is 2. The highest BCUT2D eigenvalue weighted by Gasteiger charge is 2.25. The normalized spacial score (nSPS) is 12.8. The molecule has 0 aromatic carbocycles. The van der Waals surface area contributed by atoms with Gasteiger partial charge < -0.3 is 26.2 Å². The average Bonchev–Trinajstić information content (AvgIpc) is 3.29. The first-order chi connectivity index (χ1) is 13.8. The third-order valence-corrected chi connectivity index (χ3v) is 4.23. The van der Waals surface area contributed by atoms with Crippen LogP contribution in [0.1, 0.15) is 17.4 Å². The number of azo groups is 1. The number of aliphatic carboxylic acids is 1. The summed E-state index contributed by atoms with van der Waals surface area (Å²) >= 11 is 2.10. The summed E-state index contributed by atoms with van der Waals surface area (Å²) in [5, 5.41) is 21.9. The molecule has 1 atom stereocenters. The second-order valence-electron chi connectivity index (χ2n) is 4.89. The number of nitrogens with two attached hydrogens (primary N) is 2. The first-order valence-electron chi connectivity index (χ1n) is 7.44. The van der Waals surface area contributed by atoms with Crippen LogP contribution in [-0.4, -0.2) is 52.3 Å². The molecule has 0 aliphatic carbocycles. The maximum Gasteiger partial charge on any atom is 0.344 e. The molecule has 0 bridgehead atoms. The van der Waals surface area contributed by atoms with Gasteiger partial charge in [-0.1, -0.05) is 5.16 Å². The minimum atomic E-state index is -1.31. The third-order valence-electron chi connectivity index (χ3n) is 2.87. The van der Waals surface area contributed by atoms with E-state index in [1.165, 1.54) is 17.9 Å². The molecule has 0 saturated carbocycles. The van der Waals surface area contributed by atoms with E-state index in [2.05, 4.69) is 35.7 Å². The smallest absolute Gasteiger partial charge is 0.344 e. The molecule has 2 heterocycles. The number of carboxylic acid groups (broad SMARTS) is 1. The zero-order chi connectivity index (χ0) is 21.4. The highest BCUT2D eigenvalue weighted by molar-refractivity contribution is 7.14. The minimum Gasteiger partial charge on any atom is -0.479 e. The summed E-state index contributed by atoms with van der Waals surface area (Å²) in [6.07, 6.45) is 0. The van der Waals surface area contributed by atoms with Gasteiger partial charge in [-0.25, -0.2) is 14.8 Å². The highest BCUT2D eigenvalue weighted by Crippen LogP contribution is 2.20. The Labute approximate surface area is 170 Å². The van der Waals surface area contributed by atoms with Crippen LogP contribution in [0.5, 0.6) is 0 Å². The van der Waals surface area contributed by atoms with Crippen molar-refractivity contribution in [3.63, 3.8) is 0 Å². The highest BCUT2D eigenvalue weighted by atomic mass is 32.1. The molecule has 2 amide bonds. The molecule has 0 saturated heterocycles. The first kappa shape index (κ1) is 22.0. The Morgan fingerprint density at radius 2 is 1.90 bits per heavy atom. The van der Waals surface area contributed by atoms with Gasteiger partial charge in [0.1, 0.15) is 5.69 Å².